The normalized spacial score (nSPS) is 17.3. The van der Waals surface area contributed by atoms with Crippen molar-refractivity contribution in [3.63, 3.8) is 0 Å². The molecule has 5 heteroatoms. The van der Waals surface area contributed by atoms with Crippen LogP contribution in [0.1, 0.15) is 42.6 Å². The molecule has 1 N–H and O–H groups in total. The van der Waals surface area contributed by atoms with Crippen molar-refractivity contribution in [2.24, 2.45) is 0 Å². The third kappa shape index (κ3) is 3.06. The number of ether oxygens (including phenoxy) is 2. The van der Waals surface area contributed by atoms with E-state index in [1.807, 2.05) is 4.90 Å². The molecule has 1 aromatic heterocycles. The highest BCUT2D eigenvalue weighted by atomic mass is 16.7. The van der Waals surface area contributed by atoms with E-state index in [1.165, 1.54) is 22.2 Å². The van der Waals surface area contributed by atoms with Gasteiger partial charge in [0.1, 0.15) is 0 Å². The van der Waals surface area contributed by atoms with Gasteiger partial charge >= 0.3 is 0 Å². The Hall–Kier alpha value is -1.85. The average molecular weight is 330 g/mol. The molecule has 0 aliphatic heterocycles. The molecule has 1 aliphatic carbocycles. The second kappa shape index (κ2) is 6.95. The van der Waals surface area contributed by atoms with Crippen molar-refractivity contribution in [3.8, 4) is 0 Å². The molecule has 1 unspecified atom stereocenters. The third-order valence-electron chi connectivity index (χ3n) is 4.98. The summed E-state index contributed by atoms with van der Waals surface area (Å²) in [6.45, 7) is 4.16. The Morgan fingerprint density at radius 2 is 2.12 bits per heavy atom. The van der Waals surface area contributed by atoms with Crippen LogP contribution in [0.25, 0.3) is 10.9 Å². The average Bonchev–Trinajstić information content (AvgIpc) is 2.94. The standard InChI is InChI=1S/C19H26N2O3/c1-12-8-9-16-15(10-12)14-6-5-7-17(19(14)20-16)21(13(2)22)11-18(23-3)24-4/h8-10,17-18,20H,5-7,11H2,1-4H3. The summed E-state index contributed by atoms with van der Waals surface area (Å²) in [5.74, 6) is 0.0433. The molecule has 0 radical (unpaired) electrons. The van der Waals surface area contributed by atoms with Crippen LogP contribution in [-0.2, 0) is 20.7 Å². The van der Waals surface area contributed by atoms with Crippen LogP contribution >= 0.6 is 0 Å². The summed E-state index contributed by atoms with van der Waals surface area (Å²) in [5.41, 5.74) is 4.93. The molecule has 5 nitrogen and oxygen atoms in total. The van der Waals surface area contributed by atoms with Crippen LogP contribution in [0.2, 0.25) is 0 Å². The van der Waals surface area contributed by atoms with E-state index in [0.29, 0.717) is 6.54 Å². The lowest BCUT2D eigenvalue weighted by atomic mass is 9.90. The van der Waals surface area contributed by atoms with E-state index in [2.05, 4.69) is 30.1 Å². The van der Waals surface area contributed by atoms with Crippen LogP contribution in [0.4, 0.5) is 0 Å². The van der Waals surface area contributed by atoms with Crippen molar-refractivity contribution in [2.45, 2.75) is 45.4 Å². The van der Waals surface area contributed by atoms with Crippen molar-refractivity contribution < 1.29 is 14.3 Å². The molecule has 0 spiro atoms. The van der Waals surface area contributed by atoms with E-state index in [9.17, 15) is 4.79 Å². The summed E-state index contributed by atoms with van der Waals surface area (Å²) >= 11 is 0. The van der Waals surface area contributed by atoms with E-state index >= 15 is 0 Å². The SMILES string of the molecule is COC(CN(C(C)=O)C1CCCc2c1[nH]c1ccc(C)cc21)OC. The Balaban J connectivity index is 2.00. The largest absolute Gasteiger partial charge is 0.356 e. The minimum Gasteiger partial charge on any atom is -0.356 e. The third-order valence-corrected chi connectivity index (χ3v) is 4.98. The second-order valence-corrected chi connectivity index (χ2v) is 6.55. The fourth-order valence-corrected chi connectivity index (χ4v) is 3.75. The molecule has 1 heterocycles. The van der Waals surface area contributed by atoms with Gasteiger partial charge < -0.3 is 19.4 Å². The van der Waals surface area contributed by atoms with E-state index in [0.717, 1.165) is 24.8 Å². The number of aromatic amines is 1. The molecule has 1 aromatic carbocycles. The molecule has 0 saturated carbocycles. The van der Waals surface area contributed by atoms with Crippen LogP contribution < -0.4 is 0 Å². The maximum Gasteiger partial charge on any atom is 0.220 e. The number of carbonyl (C=O) groups is 1. The first-order chi connectivity index (χ1) is 11.5. The van der Waals surface area contributed by atoms with Gasteiger partial charge in [0, 0.05) is 37.7 Å². The minimum atomic E-state index is -0.411. The molecule has 0 bridgehead atoms. The number of carbonyl (C=O) groups excluding carboxylic acids is 1. The first kappa shape index (κ1) is 17.0. The Labute approximate surface area is 142 Å². The first-order valence-electron chi connectivity index (χ1n) is 8.49. The molecule has 3 rings (SSSR count). The van der Waals surface area contributed by atoms with Gasteiger partial charge in [0.25, 0.3) is 0 Å². The highest BCUT2D eigenvalue weighted by molar-refractivity contribution is 5.86. The number of nitrogens with one attached hydrogen (secondary N) is 1. The summed E-state index contributed by atoms with van der Waals surface area (Å²) in [5, 5.41) is 1.29. The molecular weight excluding hydrogens is 304 g/mol. The predicted molar refractivity (Wildman–Crippen MR) is 93.9 cm³/mol. The number of hydrogen-bond acceptors (Lipinski definition) is 3. The minimum absolute atomic E-state index is 0.0433. The van der Waals surface area contributed by atoms with Gasteiger partial charge in [0.2, 0.25) is 5.91 Å². The molecule has 1 amide bonds. The molecule has 0 saturated heterocycles. The van der Waals surface area contributed by atoms with Gasteiger partial charge in [0.15, 0.2) is 6.29 Å². The molecule has 1 aliphatic rings. The number of nitrogens with zero attached hydrogens (tertiary/aromatic N) is 1. The fourth-order valence-electron chi connectivity index (χ4n) is 3.75. The Morgan fingerprint density at radius 3 is 2.79 bits per heavy atom. The zero-order valence-electron chi connectivity index (χ0n) is 14.9. The van der Waals surface area contributed by atoms with Gasteiger partial charge in [-0.25, -0.2) is 0 Å². The summed E-state index contributed by atoms with van der Waals surface area (Å²) in [6, 6.07) is 6.53. The molecule has 2 aromatic rings. The Morgan fingerprint density at radius 1 is 1.38 bits per heavy atom. The van der Waals surface area contributed by atoms with Gasteiger partial charge in [-0.1, -0.05) is 11.6 Å². The highest BCUT2D eigenvalue weighted by Crippen LogP contribution is 2.38. The molecule has 24 heavy (non-hydrogen) atoms. The van der Waals surface area contributed by atoms with Crippen molar-refractivity contribution in [1.82, 2.24) is 9.88 Å². The first-order valence-corrected chi connectivity index (χ1v) is 8.49. The van der Waals surface area contributed by atoms with Gasteiger partial charge in [-0.05, 0) is 43.9 Å². The Bertz CT molecular complexity index is 734. The fraction of sp³-hybridized carbons (Fsp3) is 0.526. The monoisotopic (exact) mass is 330 g/mol. The van der Waals surface area contributed by atoms with Gasteiger partial charge in [-0.15, -0.1) is 0 Å². The zero-order chi connectivity index (χ0) is 17.3. The molecule has 0 fully saturated rings. The van der Waals surface area contributed by atoms with Crippen molar-refractivity contribution in [2.75, 3.05) is 20.8 Å². The summed E-state index contributed by atoms with van der Waals surface area (Å²) in [4.78, 5) is 17.7. The summed E-state index contributed by atoms with van der Waals surface area (Å²) < 4.78 is 10.6. The molecule has 130 valence electrons. The number of aromatic nitrogens is 1. The van der Waals surface area contributed by atoms with E-state index in [4.69, 9.17) is 9.47 Å². The number of amides is 1. The lowest BCUT2D eigenvalue weighted by Gasteiger charge is -2.35. The van der Waals surface area contributed by atoms with E-state index in [1.54, 1.807) is 21.1 Å². The smallest absolute Gasteiger partial charge is 0.220 e. The van der Waals surface area contributed by atoms with Crippen LogP contribution in [0.5, 0.6) is 0 Å². The van der Waals surface area contributed by atoms with Gasteiger partial charge in [0.05, 0.1) is 12.6 Å². The number of benzene rings is 1. The number of fused-ring (bicyclic) bond motifs is 3. The lowest BCUT2D eigenvalue weighted by molar-refractivity contribution is -0.148. The Kier molecular flexibility index (Phi) is 4.92. The summed E-state index contributed by atoms with van der Waals surface area (Å²) in [6.07, 6.45) is 2.68. The van der Waals surface area contributed by atoms with Crippen LogP contribution in [-0.4, -0.2) is 42.8 Å². The van der Waals surface area contributed by atoms with Crippen LogP contribution in [0.3, 0.4) is 0 Å². The quantitative estimate of drug-likeness (QED) is 0.856. The number of rotatable bonds is 5. The van der Waals surface area contributed by atoms with E-state index < -0.39 is 6.29 Å². The van der Waals surface area contributed by atoms with Crippen LogP contribution in [0, 0.1) is 6.92 Å². The molecule has 1 atom stereocenters. The maximum atomic E-state index is 12.3. The second-order valence-electron chi connectivity index (χ2n) is 6.55. The van der Waals surface area contributed by atoms with Crippen LogP contribution in [0.15, 0.2) is 18.2 Å². The van der Waals surface area contributed by atoms with Crippen molar-refractivity contribution >= 4 is 16.8 Å². The zero-order valence-corrected chi connectivity index (χ0v) is 14.9. The summed E-state index contributed by atoms with van der Waals surface area (Å²) in [7, 11) is 3.20. The van der Waals surface area contributed by atoms with Crippen molar-refractivity contribution in [1.29, 1.82) is 0 Å². The van der Waals surface area contributed by atoms with Gasteiger partial charge in [-0.2, -0.15) is 0 Å². The lowest BCUT2D eigenvalue weighted by Crippen LogP contribution is -2.41. The highest BCUT2D eigenvalue weighted by Gasteiger charge is 2.31. The topological polar surface area (TPSA) is 54.6 Å². The van der Waals surface area contributed by atoms with E-state index in [-0.39, 0.29) is 11.9 Å². The number of methoxy groups -OCH3 is 2. The maximum absolute atomic E-state index is 12.3. The number of aryl methyl sites for hydroxylation is 2. The predicted octanol–water partition coefficient (Wildman–Crippen LogP) is 3.32. The van der Waals surface area contributed by atoms with Gasteiger partial charge in [-0.3, -0.25) is 4.79 Å². The number of hydrogen-bond donors (Lipinski definition) is 1. The van der Waals surface area contributed by atoms with Crippen molar-refractivity contribution in [3.05, 3.63) is 35.0 Å². The number of H-pyrrole nitrogens is 1. The molecular formula is C19H26N2O3.